The summed E-state index contributed by atoms with van der Waals surface area (Å²) in [5.74, 6) is 2.49. The number of methoxy groups -OCH3 is 2. The Balaban J connectivity index is 1.00. The second-order valence-electron chi connectivity index (χ2n) is 21.0. The van der Waals surface area contributed by atoms with E-state index in [4.69, 9.17) is 19.4 Å². The number of amides is 1. The molecule has 74 heavy (non-hydrogen) atoms. The third-order valence-electron chi connectivity index (χ3n) is 16.0. The normalized spacial score (nSPS) is 17.5. The van der Waals surface area contributed by atoms with E-state index < -0.39 is 15.7 Å². The molecule has 394 valence electrons. The number of carbonyl (C=O) groups excluding carboxylic acids is 1. The number of hydrogen-bond acceptors (Lipinski definition) is 10. The molecule has 0 radical (unpaired) electrons. The van der Waals surface area contributed by atoms with E-state index in [1.165, 1.54) is 23.4 Å². The van der Waals surface area contributed by atoms with Crippen LogP contribution in [0.15, 0.2) is 116 Å². The molecule has 0 saturated heterocycles. The quantitative estimate of drug-likeness (QED) is 0.00820. The molecule has 4 atom stereocenters. The van der Waals surface area contributed by atoms with Gasteiger partial charge in [-0.15, -0.1) is 0 Å². The number of hydrogen-bond donors (Lipinski definition) is 1. The van der Waals surface area contributed by atoms with E-state index in [0.29, 0.717) is 74.0 Å². The van der Waals surface area contributed by atoms with Crippen molar-refractivity contribution in [1.29, 1.82) is 0 Å². The van der Waals surface area contributed by atoms with Crippen molar-refractivity contribution in [3.8, 4) is 11.5 Å². The van der Waals surface area contributed by atoms with Gasteiger partial charge in [0.25, 0.3) is 0 Å². The highest BCUT2D eigenvalue weighted by Crippen LogP contribution is 2.65. The predicted molar refractivity (Wildman–Crippen MR) is 291 cm³/mol. The van der Waals surface area contributed by atoms with Crippen molar-refractivity contribution in [2.45, 2.75) is 128 Å². The standard InChI is InChI=1S/C59H74N6O8S/c1-9-64(10-2)46-27-24-41-32-42(57(67)73-52(41)36-46)25-26-45-28-29-47(74(68,69)70)39-65(45)31-19-13-17-23-55(66)61-38-43-33-48(51-37-50(43)59(51,5)6)56-53(71-7)34-44(35-54(56)72-8)58(3,4)49(40-20-14-11-15-21-40)22-16-12-18-30-62-63-60/h11,14-15,20-21,24-29,32-36,39,48-51H,9-10,12-13,16-19,22-23,30-31,37-38H2,1-8H3,(H-,61,66,68,69,70)/t48-,49-,50+,51-/m0/s1. The molecule has 2 heterocycles. The maximum atomic E-state index is 13.4. The lowest BCUT2D eigenvalue weighted by Gasteiger charge is -2.59. The summed E-state index contributed by atoms with van der Waals surface area (Å²) in [7, 11) is -1.26. The van der Waals surface area contributed by atoms with E-state index in [-0.39, 0.29) is 33.5 Å². The highest BCUT2D eigenvalue weighted by Gasteiger charge is 2.56. The zero-order valence-electron chi connectivity index (χ0n) is 44.4. The Hall–Kier alpha value is -6.41. The van der Waals surface area contributed by atoms with Gasteiger partial charge in [-0.05, 0) is 134 Å². The molecular weight excluding hydrogens is 953 g/mol. The van der Waals surface area contributed by atoms with Crippen molar-refractivity contribution < 1.29 is 36.2 Å². The van der Waals surface area contributed by atoms with Crippen LogP contribution >= 0.6 is 0 Å². The first-order valence-electron chi connectivity index (χ1n) is 26.2. The first-order chi connectivity index (χ1) is 35.4. The smallest absolute Gasteiger partial charge is 0.343 e. The van der Waals surface area contributed by atoms with Crippen molar-refractivity contribution in [3.63, 3.8) is 0 Å². The number of nitrogens with one attached hydrogen (secondary N) is 1. The third-order valence-corrected chi connectivity index (χ3v) is 16.9. The molecule has 3 aromatic carbocycles. The number of aryl methyl sites for hydroxylation is 1. The first kappa shape index (κ1) is 55.3. The van der Waals surface area contributed by atoms with Gasteiger partial charge in [0.05, 0.1) is 19.8 Å². The van der Waals surface area contributed by atoms with Gasteiger partial charge in [0.2, 0.25) is 11.6 Å². The van der Waals surface area contributed by atoms with Gasteiger partial charge in [0, 0.05) is 84.7 Å². The van der Waals surface area contributed by atoms with Gasteiger partial charge in [0.15, 0.2) is 6.20 Å². The van der Waals surface area contributed by atoms with E-state index >= 15 is 0 Å². The number of aromatic nitrogens is 1. The number of fused-ring (bicyclic) bond motifs is 2. The summed E-state index contributed by atoms with van der Waals surface area (Å²) in [6.07, 6.45) is 14.1. The Bertz CT molecular complexity index is 3040. The molecule has 2 bridgehead atoms. The highest BCUT2D eigenvalue weighted by atomic mass is 32.2. The number of rotatable bonds is 26. The van der Waals surface area contributed by atoms with Crippen LogP contribution in [0.2, 0.25) is 0 Å². The average Bonchev–Trinajstić information content (AvgIpc) is 3.39. The van der Waals surface area contributed by atoms with E-state index in [1.807, 2.05) is 18.2 Å². The molecule has 0 unspecified atom stereocenters. The summed E-state index contributed by atoms with van der Waals surface area (Å²) in [5, 5.41) is 7.72. The number of unbranched alkanes of at least 4 members (excludes halogenated alkanes) is 4. The maximum Gasteiger partial charge on any atom is 0.343 e. The van der Waals surface area contributed by atoms with Crippen molar-refractivity contribution in [3.05, 3.63) is 146 Å². The van der Waals surface area contributed by atoms with Crippen molar-refractivity contribution >= 4 is 44.8 Å². The molecule has 5 aromatic rings. The molecule has 3 aliphatic rings. The molecule has 1 saturated carbocycles. The lowest BCUT2D eigenvalue weighted by atomic mass is 9.45. The topological polar surface area (TPSA) is 191 Å². The van der Waals surface area contributed by atoms with Crippen LogP contribution in [0.3, 0.4) is 0 Å². The predicted octanol–water partition coefficient (Wildman–Crippen LogP) is 12.0. The van der Waals surface area contributed by atoms with Gasteiger partial charge < -0.3 is 28.7 Å². The number of nitrogens with zero attached hydrogens (tertiary/aromatic N) is 5. The van der Waals surface area contributed by atoms with Gasteiger partial charge in [0.1, 0.15) is 38.6 Å². The Labute approximate surface area is 437 Å². The van der Waals surface area contributed by atoms with Gasteiger partial charge in [-0.25, -0.2) is 13.2 Å². The minimum Gasteiger partial charge on any atom is -0.744 e. The van der Waals surface area contributed by atoms with Gasteiger partial charge in [-0.3, -0.25) is 4.79 Å². The Morgan fingerprint density at radius 2 is 1.69 bits per heavy atom. The molecule has 15 heteroatoms. The number of benzene rings is 3. The van der Waals surface area contributed by atoms with Crippen LogP contribution in [0.4, 0.5) is 5.69 Å². The van der Waals surface area contributed by atoms with Gasteiger partial charge >= 0.3 is 5.63 Å². The van der Waals surface area contributed by atoms with E-state index in [1.54, 1.807) is 43.1 Å². The summed E-state index contributed by atoms with van der Waals surface area (Å²) >= 11 is 0. The monoisotopic (exact) mass is 1030 g/mol. The minimum absolute atomic E-state index is 0.00344. The van der Waals surface area contributed by atoms with Crippen LogP contribution in [-0.2, 0) is 26.9 Å². The third kappa shape index (κ3) is 12.6. The summed E-state index contributed by atoms with van der Waals surface area (Å²) in [5.41, 5.74) is 15.0. The summed E-state index contributed by atoms with van der Waals surface area (Å²) < 4.78 is 56.0. The summed E-state index contributed by atoms with van der Waals surface area (Å²) in [6.45, 7) is 16.4. The number of anilines is 1. The highest BCUT2D eigenvalue weighted by molar-refractivity contribution is 7.85. The van der Waals surface area contributed by atoms with Crippen LogP contribution in [-0.4, -0.2) is 59.3 Å². The number of pyridine rings is 1. The zero-order chi connectivity index (χ0) is 53.2. The van der Waals surface area contributed by atoms with Gasteiger partial charge in [-0.1, -0.05) is 87.6 Å². The second kappa shape index (κ2) is 24.3. The van der Waals surface area contributed by atoms with Crippen LogP contribution in [0, 0.1) is 17.3 Å². The molecule has 8 rings (SSSR count). The van der Waals surface area contributed by atoms with E-state index in [0.717, 1.165) is 78.9 Å². The molecular formula is C59H74N6O8S. The van der Waals surface area contributed by atoms with Crippen LogP contribution in [0.5, 0.6) is 11.5 Å². The van der Waals surface area contributed by atoms with Crippen molar-refractivity contribution in [2.75, 3.05) is 45.3 Å². The fraction of sp³-hybridized carbons (Fsp3) is 0.475. The number of azide groups is 1. The fourth-order valence-electron chi connectivity index (χ4n) is 11.6. The molecule has 0 spiro atoms. The van der Waals surface area contributed by atoms with Crippen LogP contribution in [0.25, 0.3) is 33.6 Å². The van der Waals surface area contributed by atoms with Gasteiger partial charge in [-0.2, -0.15) is 4.57 Å². The SMILES string of the molecule is CCN(CC)c1ccc2cc(/C=C/c3ccc(S(=O)(=O)[O-])c[n+]3CCCCCC(=O)NCC3=C[C@H](c4c(OC)cc(C(C)(C)[C@@H](CCCCCN=[N+]=[N-])c5ccccc5)cc4OC)[C@@H]4C[C@H]3C4(C)C)c(=O)oc2c1. The van der Waals surface area contributed by atoms with E-state index in [2.05, 4.69) is 110 Å². The molecule has 1 N–H and O–H groups in total. The number of allylic oxidation sites excluding steroid dienone is 1. The van der Waals surface area contributed by atoms with Crippen molar-refractivity contribution in [1.82, 2.24) is 5.32 Å². The Kier molecular flexibility index (Phi) is 18.2. The number of ether oxygens (including phenoxy) is 2. The molecule has 0 aliphatic heterocycles. The van der Waals surface area contributed by atoms with Crippen LogP contribution < -0.4 is 29.9 Å². The Morgan fingerprint density at radius 3 is 2.35 bits per heavy atom. The summed E-state index contributed by atoms with van der Waals surface area (Å²) in [6, 6.07) is 25.4. The molecule has 3 aliphatic carbocycles. The second-order valence-corrected chi connectivity index (χ2v) is 22.4. The lowest BCUT2D eigenvalue weighted by molar-refractivity contribution is -0.700. The zero-order valence-corrected chi connectivity index (χ0v) is 45.3. The average molecular weight is 1030 g/mol. The maximum absolute atomic E-state index is 13.4. The van der Waals surface area contributed by atoms with Crippen molar-refractivity contribution in [2.24, 2.45) is 22.4 Å². The number of carbonyl (C=O) groups is 1. The lowest BCUT2D eigenvalue weighted by Crippen LogP contribution is -2.52. The first-order valence-corrected chi connectivity index (χ1v) is 27.7. The molecule has 1 amide bonds. The molecule has 14 nitrogen and oxygen atoms in total. The fourth-order valence-corrected chi connectivity index (χ4v) is 12.1. The minimum atomic E-state index is -4.72. The van der Waals surface area contributed by atoms with Crippen LogP contribution in [0.1, 0.15) is 139 Å². The molecule has 2 aromatic heterocycles. The largest absolute Gasteiger partial charge is 0.744 e. The van der Waals surface area contributed by atoms with E-state index in [9.17, 15) is 22.6 Å². The molecule has 1 fully saturated rings. The Morgan fingerprint density at radius 1 is 0.973 bits per heavy atom. The summed E-state index contributed by atoms with van der Waals surface area (Å²) in [4.78, 5) is 31.2.